The fourth-order valence-corrected chi connectivity index (χ4v) is 2.71. The summed E-state index contributed by atoms with van der Waals surface area (Å²) in [7, 11) is 2.14. The Morgan fingerprint density at radius 1 is 0.737 bits per heavy atom. The number of hydrogen-bond acceptors (Lipinski definition) is 2. The van der Waals surface area contributed by atoms with Gasteiger partial charge in [-0.1, -0.05) is 71.1 Å². The van der Waals surface area contributed by atoms with Crippen molar-refractivity contribution in [3.05, 3.63) is 12.4 Å². The topological polar surface area (TPSA) is 6.48 Å². The Hall–Kier alpha value is -0.660. The first-order valence-electron chi connectivity index (χ1n) is 8.45. The summed E-state index contributed by atoms with van der Waals surface area (Å²) in [6, 6.07) is 0. The van der Waals surface area contributed by atoms with Crippen molar-refractivity contribution in [3.63, 3.8) is 0 Å². The first-order chi connectivity index (χ1) is 9.33. The summed E-state index contributed by atoms with van der Waals surface area (Å²) in [6.07, 6.45) is 20.1. The number of nitrogens with zero attached hydrogens (tertiary/aromatic N) is 2. The van der Waals surface area contributed by atoms with E-state index in [9.17, 15) is 0 Å². The quantitative estimate of drug-likeness (QED) is 0.460. The van der Waals surface area contributed by atoms with Crippen molar-refractivity contribution < 1.29 is 0 Å². The second-order valence-corrected chi connectivity index (χ2v) is 6.04. The van der Waals surface area contributed by atoms with Crippen LogP contribution in [0.5, 0.6) is 0 Å². The van der Waals surface area contributed by atoms with Gasteiger partial charge in [0, 0.05) is 26.0 Å². The van der Waals surface area contributed by atoms with Crippen molar-refractivity contribution in [2.75, 3.05) is 20.3 Å². The van der Waals surface area contributed by atoms with Gasteiger partial charge in [-0.3, -0.25) is 0 Å². The van der Waals surface area contributed by atoms with Gasteiger partial charge >= 0.3 is 0 Å². The number of hydrogen-bond donors (Lipinski definition) is 0. The first kappa shape index (κ1) is 16.4. The Kier molecular flexibility index (Phi) is 9.66. The molecular weight excluding hydrogens is 232 g/mol. The lowest BCUT2D eigenvalue weighted by molar-refractivity contribution is 0.290. The van der Waals surface area contributed by atoms with Crippen molar-refractivity contribution >= 4 is 0 Å². The standard InChI is InChI=1S/C17H34N2/c1-3-4-5-6-7-8-9-10-11-12-13-14-19-16-15-18(2)17-19/h15-16H,3-14,17H2,1-2H3. The van der Waals surface area contributed by atoms with Crippen LogP contribution in [-0.2, 0) is 0 Å². The van der Waals surface area contributed by atoms with Crippen LogP contribution >= 0.6 is 0 Å². The summed E-state index contributed by atoms with van der Waals surface area (Å²) < 4.78 is 0. The summed E-state index contributed by atoms with van der Waals surface area (Å²) in [6.45, 7) is 4.60. The molecule has 1 aliphatic heterocycles. The molecule has 0 saturated carbocycles. The average Bonchev–Trinajstić information content (AvgIpc) is 2.82. The fourth-order valence-electron chi connectivity index (χ4n) is 2.71. The van der Waals surface area contributed by atoms with Crippen LogP contribution in [0.1, 0.15) is 77.6 Å². The SMILES string of the molecule is CCCCCCCCCCCCCN1C=CN(C)C1. The second-order valence-electron chi connectivity index (χ2n) is 6.04. The molecule has 0 saturated heterocycles. The molecule has 1 aliphatic rings. The maximum atomic E-state index is 2.41. The summed E-state index contributed by atoms with van der Waals surface area (Å²) >= 11 is 0. The third kappa shape index (κ3) is 8.96. The molecule has 0 unspecified atom stereocenters. The summed E-state index contributed by atoms with van der Waals surface area (Å²) in [4.78, 5) is 4.65. The second kappa shape index (κ2) is 11.2. The molecule has 0 radical (unpaired) electrons. The van der Waals surface area contributed by atoms with Gasteiger partial charge in [0.15, 0.2) is 0 Å². The van der Waals surface area contributed by atoms with E-state index in [-0.39, 0.29) is 0 Å². The Balaban J connectivity index is 1.73. The highest BCUT2D eigenvalue weighted by atomic mass is 15.3. The van der Waals surface area contributed by atoms with E-state index in [1.165, 1.54) is 77.2 Å². The van der Waals surface area contributed by atoms with E-state index >= 15 is 0 Å². The maximum Gasteiger partial charge on any atom is 0.0890 e. The van der Waals surface area contributed by atoms with Crippen LogP contribution in [0, 0.1) is 0 Å². The highest BCUT2D eigenvalue weighted by Gasteiger charge is 2.06. The first-order valence-corrected chi connectivity index (χ1v) is 8.45. The predicted molar refractivity (Wildman–Crippen MR) is 84.9 cm³/mol. The Bertz CT molecular complexity index is 225. The molecule has 112 valence electrons. The summed E-state index contributed by atoms with van der Waals surface area (Å²) in [5.41, 5.74) is 0. The van der Waals surface area contributed by atoms with Crippen LogP contribution in [0.15, 0.2) is 12.4 Å². The Labute approximate surface area is 120 Å². The molecule has 0 aromatic heterocycles. The van der Waals surface area contributed by atoms with Crippen molar-refractivity contribution in [1.82, 2.24) is 9.80 Å². The monoisotopic (exact) mass is 266 g/mol. The van der Waals surface area contributed by atoms with E-state index in [1.807, 2.05) is 0 Å². The molecule has 0 N–H and O–H groups in total. The van der Waals surface area contributed by atoms with E-state index < -0.39 is 0 Å². The predicted octanol–water partition coefficient (Wildman–Crippen LogP) is 4.97. The number of unbranched alkanes of at least 4 members (excludes halogenated alkanes) is 10. The van der Waals surface area contributed by atoms with Crippen LogP contribution in [-0.4, -0.2) is 30.1 Å². The summed E-state index contributed by atoms with van der Waals surface area (Å²) in [5.74, 6) is 0. The molecule has 0 spiro atoms. The van der Waals surface area contributed by atoms with Crippen molar-refractivity contribution in [1.29, 1.82) is 0 Å². The van der Waals surface area contributed by atoms with Crippen LogP contribution in [0.4, 0.5) is 0 Å². The zero-order valence-electron chi connectivity index (χ0n) is 13.2. The fraction of sp³-hybridized carbons (Fsp3) is 0.882. The maximum absolute atomic E-state index is 2.41. The highest BCUT2D eigenvalue weighted by molar-refractivity contribution is 4.88. The van der Waals surface area contributed by atoms with Gasteiger partial charge in [-0.25, -0.2) is 0 Å². The van der Waals surface area contributed by atoms with Gasteiger partial charge in [0.1, 0.15) is 0 Å². The lowest BCUT2D eigenvalue weighted by Gasteiger charge is -2.17. The molecule has 2 nitrogen and oxygen atoms in total. The van der Waals surface area contributed by atoms with Gasteiger partial charge in [0.25, 0.3) is 0 Å². The minimum Gasteiger partial charge on any atom is -0.362 e. The average molecular weight is 266 g/mol. The molecule has 0 atom stereocenters. The molecule has 0 aromatic rings. The largest absolute Gasteiger partial charge is 0.362 e. The van der Waals surface area contributed by atoms with Crippen molar-refractivity contribution in [3.8, 4) is 0 Å². The molecule has 2 heteroatoms. The van der Waals surface area contributed by atoms with E-state index in [1.54, 1.807) is 0 Å². The molecular formula is C17H34N2. The van der Waals surface area contributed by atoms with Crippen LogP contribution < -0.4 is 0 Å². The molecule has 0 fully saturated rings. The lowest BCUT2D eigenvalue weighted by atomic mass is 10.1. The smallest absolute Gasteiger partial charge is 0.0890 e. The molecule has 0 bridgehead atoms. The highest BCUT2D eigenvalue weighted by Crippen LogP contribution is 2.12. The van der Waals surface area contributed by atoms with Crippen molar-refractivity contribution in [2.24, 2.45) is 0 Å². The lowest BCUT2D eigenvalue weighted by Crippen LogP contribution is -2.23. The van der Waals surface area contributed by atoms with Gasteiger partial charge in [0.2, 0.25) is 0 Å². The van der Waals surface area contributed by atoms with Crippen LogP contribution in [0.3, 0.4) is 0 Å². The minimum atomic E-state index is 1.08. The Morgan fingerprint density at radius 2 is 1.26 bits per heavy atom. The zero-order valence-corrected chi connectivity index (χ0v) is 13.2. The van der Waals surface area contributed by atoms with Gasteiger partial charge in [-0.2, -0.15) is 0 Å². The molecule has 1 rings (SSSR count). The molecule has 19 heavy (non-hydrogen) atoms. The normalized spacial score (nSPS) is 14.6. The van der Waals surface area contributed by atoms with Crippen LogP contribution in [0.25, 0.3) is 0 Å². The van der Waals surface area contributed by atoms with E-state index in [0.717, 1.165) is 6.67 Å². The third-order valence-corrected chi connectivity index (χ3v) is 3.99. The number of rotatable bonds is 12. The van der Waals surface area contributed by atoms with Gasteiger partial charge in [-0.15, -0.1) is 0 Å². The van der Waals surface area contributed by atoms with Gasteiger partial charge in [0.05, 0.1) is 6.67 Å². The molecule has 0 amide bonds. The van der Waals surface area contributed by atoms with Gasteiger partial charge < -0.3 is 9.80 Å². The molecule has 0 aromatic carbocycles. The third-order valence-electron chi connectivity index (χ3n) is 3.99. The van der Waals surface area contributed by atoms with Crippen molar-refractivity contribution in [2.45, 2.75) is 77.6 Å². The molecule has 0 aliphatic carbocycles. The zero-order chi connectivity index (χ0) is 13.8. The summed E-state index contributed by atoms with van der Waals surface area (Å²) in [5, 5.41) is 0. The van der Waals surface area contributed by atoms with Crippen LogP contribution in [0.2, 0.25) is 0 Å². The molecule has 1 heterocycles. The Morgan fingerprint density at radius 3 is 1.74 bits per heavy atom. The van der Waals surface area contributed by atoms with Gasteiger partial charge in [-0.05, 0) is 6.42 Å². The minimum absolute atomic E-state index is 1.08. The van der Waals surface area contributed by atoms with E-state index in [2.05, 4.69) is 36.2 Å². The van der Waals surface area contributed by atoms with E-state index in [0.29, 0.717) is 0 Å². The van der Waals surface area contributed by atoms with E-state index in [4.69, 9.17) is 0 Å².